The summed E-state index contributed by atoms with van der Waals surface area (Å²) in [7, 11) is 0. The molecule has 0 radical (unpaired) electrons. The molecule has 6 atom stereocenters. The second kappa shape index (κ2) is 6.95. The lowest BCUT2D eigenvalue weighted by atomic mass is 9.47. The molecule has 2 heteroatoms. The smallest absolute Gasteiger partial charge is 0.220 e. The number of hydrogen-bond acceptors (Lipinski definition) is 1. The van der Waals surface area contributed by atoms with Gasteiger partial charge in [-0.3, -0.25) is 4.79 Å². The average molecular weight is 428 g/mol. The van der Waals surface area contributed by atoms with Crippen molar-refractivity contribution in [3.05, 3.63) is 53.1 Å². The molecule has 2 aromatic rings. The van der Waals surface area contributed by atoms with Crippen molar-refractivity contribution in [3.63, 3.8) is 0 Å². The van der Waals surface area contributed by atoms with Crippen LogP contribution in [0.1, 0.15) is 75.5 Å². The van der Waals surface area contributed by atoms with E-state index in [9.17, 15) is 4.79 Å². The number of piperidine rings is 1. The molecule has 0 spiro atoms. The second-order valence-electron chi connectivity index (χ2n) is 11.9. The molecule has 3 fully saturated rings. The Morgan fingerprint density at radius 2 is 1.78 bits per heavy atom. The van der Waals surface area contributed by atoms with Gasteiger partial charge in [-0.05, 0) is 108 Å². The lowest BCUT2D eigenvalue weighted by molar-refractivity contribution is -0.134. The molecule has 2 nitrogen and oxygen atoms in total. The Bertz CT molecular complexity index is 1140. The fraction of sp³-hybridized carbons (Fsp3) is 0.567. The van der Waals surface area contributed by atoms with Crippen LogP contribution in [-0.4, -0.2) is 11.9 Å². The molecule has 168 valence electrons. The third-order valence-electron chi connectivity index (χ3n) is 10.4. The predicted molar refractivity (Wildman–Crippen MR) is 132 cm³/mol. The van der Waals surface area contributed by atoms with E-state index in [1.54, 1.807) is 5.57 Å². The van der Waals surface area contributed by atoms with Crippen LogP contribution in [-0.2, 0) is 4.79 Å². The third-order valence-corrected chi connectivity index (χ3v) is 10.4. The van der Waals surface area contributed by atoms with E-state index in [0.29, 0.717) is 6.04 Å². The Hall–Kier alpha value is -2.09. The summed E-state index contributed by atoms with van der Waals surface area (Å²) in [4.78, 5) is 12.1. The Kier molecular flexibility index (Phi) is 4.46. The van der Waals surface area contributed by atoms with Gasteiger partial charge >= 0.3 is 0 Å². The van der Waals surface area contributed by atoms with Gasteiger partial charge in [0.1, 0.15) is 0 Å². The maximum absolute atomic E-state index is 12.1. The van der Waals surface area contributed by atoms with Crippen molar-refractivity contribution >= 4 is 22.3 Å². The van der Waals surface area contributed by atoms with Crippen LogP contribution in [0, 0.1) is 42.4 Å². The molecule has 0 aromatic heterocycles. The summed E-state index contributed by atoms with van der Waals surface area (Å²) in [5, 5.41) is 6.21. The summed E-state index contributed by atoms with van der Waals surface area (Å²) in [5.41, 5.74) is 6.36. The number of rotatable bonds is 1. The van der Waals surface area contributed by atoms with Gasteiger partial charge in [0.25, 0.3) is 0 Å². The Balaban J connectivity index is 1.37. The summed E-state index contributed by atoms with van der Waals surface area (Å²) in [6.07, 6.45) is 10.7. The van der Waals surface area contributed by atoms with E-state index in [1.807, 2.05) is 0 Å². The summed E-state index contributed by atoms with van der Waals surface area (Å²) in [6, 6.07) is 12.1. The number of nitrogens with one attached hydrogen (secondary N) is 1. The first-order valence-corrected chi connectivity index (χ1v) is 12.8. The SMILES string of the molecule is Cc1ccc2c(C)ccc(C3=CC[C@H]4[C@@H]5CCC6NC(=O)CC[C@]6(C)[C@@H]5CC[C@]34C)c2c1. The molecule has 32 heavy (non-hydrogen) atoms. The predicted octanol–water partition coefficient (Wildman–Crippen LogP) is 6.97. The second-order valence-corrected chi connectivity index (χ2v) is 11.9. The van der Waals surface area contributed by atoms with Crippen LogP contribution in [0.25, 0.3) is 16.3 Å². The molecular formula is C30H37NO. The highest BCUT2D eigenvalue weighted by Gasteiger charge is 2.58. The Morgan fingerprint density at radius 1 is 0.938 bits per heavy atom. The van der Waals surface area contributed by atoms with Crippen molar-refractivity contribution in [1.82, 2.24) is 5.32 Å². The first-order valence-electron chi connectivity index (χ1n) is 12.8. The zero-order valence-electron chi connectivity index (χ0n) is 20.1. The third kappa shape index (κ3) is 2.74. The molecule has 2 aromatic carbocycles. The number of fused-ring (bicyclic) bond motifs is 6. The van der Waals surface area contributed by atoms with Crippen LogP contribution in [0.2, 0.25) is 0 Å². The van der Waals surface area contributed by atoms with E-state index in [0.717, 1.165) is 37.0 Å². The minimum absolute atomic E-state index is 0.272. The molecule has 3 aliphatic carbocycles. The van der Waals surface area contributed by atoms with Crippen LogP contribution in [0.15, 0.2) is 36.4 Å². The molecule has 1 saturated heterocycles. The highest BCUT2D eigenvalue weighted by molar-refractivity contribution is 5.97. The first kappa shape index (κ1) is 20.5. The van der Waals surface area contributed by atoms with Gasteiger partial charge in [0.15, 0.2) is 0 Å². The quantitative estimate of drug-likeness (QED) is 0.523. The van der Waals surface area contributed by atoms with Gasteiger partial charge in [-0.2, -0.15) is 0 Å². The van der Waals surface area contributed by atoms with Gasteiger partial charge < -0.3 is 5.32 Å². The van der Waals surface area contributed by atoms with Crippen molar-refractivity contribution in [3.8, 4) is 0 Å². The van der Waals surface area contributed by atoms with E-state index in [2.05, 4.69) is 69.4 Å². The summed E-state index contributed by atoms with van der Waals surface area (Å²) in [5.74, 6) is 2.56. The van der Waals surface area contributed by atoms with Crippen LogP contribution in [0.3, 0.4) is 0 Å². The standard InChI is InChI=1S/C30H37NO/c1-18-5-7-20-19(2)6-8-21(23(20)17-18)24-10-11-25-22-9-12-27-30(4,16-14-28(32)31-27)26(22)13-15-29(24,25)3/h5-8,10,17,22,25-27H,9,11-16H2,1-4H3,(H,31,32)/t22-,25-,26+,27?,29+,30+/m0/s1. The summed E-state index contributed by atoms with van der Waals surface area (Å²) >= 11 is 0. The van der Waals surface area contributed by atoms with E-state index in [-0.39, 0.29) is 16.7 Å². The summed E-state index contributed by atoms with van der Waals surface area (Å²) < 4.78 is 0. The van der Waals surface area contributed by atoms with Crippen molar-refractivity contribution < 1.29 is 4.79 Å². The fourth-order valence-electron chi connectivity index (χ4n) is 8.53. The molecule has 1 aliphatic heterocycles. The molecule has 1 N–H and O–H groups in total. The van der Waals surface area contributed by atoms with Gasteiger partial charge in [0.2, 0.25) is 5.91 Å². The maximum atomic E-state index is 12.1. The number of carbonyl (C=O) groups excluding carboxylic acids is 1. The number of benzene rings is 2. The average Bonchev–Trinajstić information content (AvgIpc) is 3.11. The molecule has 1 amide bonds. The maximum Gasteiger partial charge on any atom is 0.220 e. The van der Waals surface area contributed by atoms with Crippen molar-refractivity contribution in [2.24, 2.45) is 28.6 Å². The number of allylic oxidation sites excluding steroid dienone is 2. The molecule has 0 bridgehead atoms. The minimum Gasteiger partial charge on any atom is -0.353 e. The van der Waals surface area contributed by atoms with Crippen molar-refractivity contribution in [2.75, 3.05) is 0 Å². The van der Waals surface area contributed by atoms with Crippen molar-refractivity contribution in [1.29, 1.82) is 0 Å². The van der Waals surface area contributed by atoms with Gasteiger partial charge in [0, 0.05) is 12.5 Å². The molecule has 2 saturated carbocycles. The minimum atomic E-state index is 0.272. The topological polar surface area (TPSA) is 29.1 Å². The largest absolute Gasteiger partial charge is 0.353 e. The molecule has 4 aliphatic rings. The monoisotopic (exact) mass is 427 g/mol. The highest BCUT2D eigenvalue weighted by atomic mass is 16.1. The summed E-state index contributed by atoms with van der Waals surface area (Å²) in [6.45, 7) is 9.52. The van der Waals surface area contributed by atoms with Crippen LogP contribution >= 0.6 is 0 Å². The van der Waals surface area contributed by atoms with E-state index < -0.39 is 0 Å². The lowest BCUT2D eigenvalue weighted by Crippen LogP contribution is -2.60. The number of amides is 1. The van der Waals surface area contributed by atoms with Crippen LogP contribution in [0.4, 0.5) is 0 Å². The van der Waals surface area contributed by atoms with Crippen molar-refractivity contribution in [2.45, 2.75) is 78.7 Å². The zero-order chi connectivity index (χ0) is 22.3. The molecule has 6 rings (SSSR count). The lowest BCUT2D eigenvalue weighted by Gasteiger charge is -2.60. The molecule has 1 heterocycles. The number of carbonyl (C=O) groups is 1. The van der Waals surface area contributed by atoms with Crippen LogP contribution in [0.5, 0.6) is 0 Å². The van der Waals surface area contributed by atoms with Gasteiger partial charge in [0.05, 0.1) is 0 Å². The first-order chi connectivity index (χ1) is 15.3. The number of aryl methyl sites for hydroxylation is 2. The van der Waals surface area contributed by atoms with E-state index in [1.165, 1.54) is 53.1 Å². The Labute approximate surface area is 192 Å². The Morgan fingerprint density at radius 3 is 2.62 bits per heavy atom. The van der Waals surface area contributed by atoms with Gasteiger partial charge in [-0.1, -0.05) is 55.8 Å². The zero-order valence-corrected chi connectivity index (χ0v) is 20.1. The normalized spacial score (nSPS) is 38.5. The van der Waals surface area contributed by atoms with E-state index in [4.69, 9.17) is 0 Å². The molecular weight excluding hydrogens is 390 g/mol. The molecule has 1 unspecified atom stereocenters. The fourth-order valence-corrected chi connectivity index (χ4v) is 8.53. The van der Waals surface area contributed by atoms with Gasteiger partial charge in [-0.15, -0.1) is 0 Å². The van der Waals surface area contributed by atoms with E-state index >= 15 is 0 Å². The number of hydrogen-bond donors (Lipinski definition) is 1. The van der Waals surface area contributed by atoms with Gasteiger partial charge in [-0.25, -0.2) is 0 Å². The van der Waals surface area contributed by atoms with Crippen LogP contribution < -0.4 is 5.32 Å². The highest BCUT2D eigenvalue weighted by Crippen LogP contribution is 2.65.